The highest BCUT2D eigenvalue weighted by Gasteiger charge is 2.33. The predicted molar refractivity (Wildman–Crippen MR) is 73.1 cm³/mol. The Morgan fingerprint density at radius 2 is 1.85 bits per heavy atom. The summed E-state index contributed by atoms with van der Waals surface area (Å²) in [6, 6.07) is 4.13. The van der Waals surface area contributed by atoms with Gasteiger partial charge < -0.3 is 10.1 Å². The fraction of sp³-hybridized carbons (Fsp3) is 0.571. The van der Waals surface area contributed by atoms with Gasteiger partial charge in [0.25, 0.3) is 0 Å². The van der Waals surface area contributed by atoms with Crippen LogP contribution < -0.4 is 5.32 Å². The molecule has 0 bridgehead atoms. The van der Waals surface area contributed by atoms with Gasteiger partial charge in [-0.3, -0.25) is 0 Å². The van der Waals surface area contributed by atoms with Crippen LogP contribution in [0.2, 0.25) is 5.02 Å². The van der Waals surface area contributed by atoms with E-state index in [4.69, 9.17) is 16.3 Å². The Hall–Kier alpha value is -0.940. The SMILES string of the molecule is COC1CCC(Nc2ccc(Cl)c(C(F)(F)F)c2)CC1. The normalized spacial score (nSPS) is 23.6. The summed E-state index contributed by atoms with van der Waals surface area (Å²) < 4.78 is 43.6. The quantitative estimate of drug-likeness (QED) is 0.871. The molecule has 2 nitrogen and oxygen atoms in total. The fourth-order valence-electron chi connectivity index (χ4n) is 2.51. The minimum atomic E-state index is -4.43. The Labute approximate surface area is 121 Å². The van der Waals surface area contributed by atoms with Crippen LogP contribution in [0.4, 0.5) is 18.9 Å². The smallest absolute Gasteiger partial charge is 0.382 e. The molecule has 1 aliphatic carbocycles. The lowest BCUT2D eigenvalue weighted by molar-refractivity contribution is -0.137. The molecule has 0 saturated heterocycles. The predicted octanol–water partition coefficient (Wildman–Crippen LogP) is 4.73. The van der Waals surface area contributed by atoms with Crippen molar-refractivity contribution in [2.24, 2.45) is 0 Å². The van der Waals surface area contributed by atoms with E-state index < -0.39 is 11.7 Å². The number of rotatable bonds is 3. The van der Waals surface area contributed by atoms with Crippen molar-refractivity contribution in [2.75, 3.05) is 12.4 Å². The van der Waals surface area contributed by atoms with Crippen LogP contribution in [0, 0.1) is 0 Å². The van der Waals surface area contributed by atoms with Crippen LogP contribution in [0.25, 0.3) is 0 Å². The zero-order chi connectivity index (χ0) is 14.8. The monoisotopic (exact) mass is 307 g/mol. The number of anilines is 1. The van der Waals surface area contributed by atoms with E-state index in [1.165, 1.54) is 6.07 Å². The van der Waals surface area contributed by atoms with E-state index in [1.54, 1.807) is 13.2 Å². The maximum absolute atomic E-state index is 12.8. The number of hydrogen-bond donors (Lipinski definition) is 1. The first kappa shape index (κ1) is 15.4. The van der Waals surface area contributed by atoms with Crippen LogP contribution in [0.1, 0.15) is 31.2 Å². The summed E-state index contributed by atoms with van der Waals surface area (Å²) in [6.07, 6.45) is -0.529. The van der Waals surface area contributed by atoms with Crippen LogP contribution in [-0.4, -0.2) is 19.3 Å². The Morgan fingerprint density at radius 3 is 2.40 bits per heavy atom. The van der Waals surface area contributed by atoms with Gasteiger partial charge in [-0.2, -0.15) is 13.2 Å². The number of benzene rings is 1. The maximum atomic E-state index is 12.8. The molecule has 0 atom stereocenters. The van der Waals surface area contributed by atoms with Gasteiger partial charge in [0.2, 0.25) is 0 Å². The molecule has 2 rings (SSSR count). The van der Waals surface area contributed by atoms with Gasteiger partial charge in [-0.25, -0.2) is 0 Å². The van der Waals surface area contributed by atoms with E-state index in [0.29, 0.717) is 5.69 Å². The van der Waals surface area contributed by atoms with E-state index >= 15 is 0 Å². The van der Waals surface area contributed by atoms with Crippen molar-refractivity contribution in [2.45, 2.75) is 44.0 Å². The number of halogens is 4. The van der Waals surface area contributed by atoms with Crippen LogP contribution >= 0.6 is 11.6 Å². The highest BCUT2D eigenvalue weighted by atomic mass is 35.5. The second-order valence-corrected chi connectivity index (χ2v) is 5.45. The average molecular weight is 308 g/mol. The molecule has 0 aliphatic heterocycles. The molecule has 0 radical (unpaired) electrons. The molecule has 1 aromatic carbocycles. The largest absolute Gasteiger partial charge is 0.417 e. The molecule has 1 aliphatic rings. The fourth-order valence-corrected chi connectivity index (χ4v) is 2.74. The third kappa shape index (κ3) is 3.79. The van der Waals surface area contributed by atoms with Crippen molar-refractivity contribution in [1.29, 1.82) is 0 Å². The van der Waals surface area contributed by atoms with Gasteiger partial charge >= 0.3 is 6.18 Å². The molecule has 0 unspecified atom stereocenters. The second-order valence-electron chi connectivity index (χ2n) is 5.05. The van der Waals surface area contributed by atoms with Crippen molar-refractivity contribution < 1.29 is 17.9 Å². The molecule has 0 amide bonds. The van der Waals surface area contributed by atoms with Crippen molar-refractivity contribution in [3.05, 3.63) is 28.8 Å². The maximum Gasteiger partial charge on any atom is 0.417 e. The van der Waals surface area contributed by atoms with Crippen molar-refractivity contribution in [1.82, 2.24) is 0 Å². The topological polar surface area (TPSA) is 21.3 Å². The Morgan fingerprint density at radius 1 is 1.20 bits per heavy atom. The molecular weight excluding hydrogens is 291 g/mol. The van der Waals surface area contributed by atoms with E-state index in [0.717, 1.165) is 31.7 Å². The highest BCUT2D eigenvalue weighted by molar-refractivity contribution is 6.31. The van der Waals surface area contributed by atoms with Crippen molar-refractivity contribution in [3.8, 4) is 0 Å². The molecule has 0 heterocycles. The molecule has 20 heavy (non-hydrogen) atoms. The first-order valence-corrected chi connectivity index (χ1v) is 6.94. The number of alkyl halides is 3. The summed E-state index contributed by atoms with van der Waals surface area (Å²) in [5, 5.41) is 2.88. The average Bonchev–Trinajstić information content (AvgIpc) is 2.40. The molecule has 112 valence electrons. The minimum Gasteiger partial charge on any atom is -0.382 e. The first-order chi connectivity index (χ1) is 9.40. The van der Waals surface area contributed by atoms with Crippen molar-refractivity contribution in [3.63, 3.8) is 0 Å². The number of ether oxygens (including phenoxy) is 1. The lowest BCUT2D eigenvalue weighted by atomic mass is 9.93. The molecule has 1 fully saturated rings. The highest BCUT2D eigenvalue weighted by Crippen LogP contribution is 2.36. The number of nitrogens with one attached hydrogen (secondary N) is 1. The molecule has 1 N–H and O–H groups in total. The molecular formula is C14H17ClF3NO. The molecule has 1 saturated carbocycles. The van der Waals surface area contributed by atoms with Gasteiger partial charge in [-0.1, -0.05) is 11.6 Å². The number of hydrogen-bond acceptors (Lipinski definition) is 2. The van der Waals surface area contributed by atoms with Crippen LogP contribution in [0.3, 0.4) is 0 Å². The van der Waals surface area contributed by atoms with Gasteiger partial charge in [-0.05, 0) is 43.9 Å². The Bertz CT molecular complexity index is 456. The lowest BCUT2D eigenvalue weighted by Crippen LogP contribution is -2.29. The van der Waals surface area contributed by atoms with Gasteiger partial charge in [0.05, 0.1) is 16.7 Å². The first-order valence-electron chi connectivity index (χ1n) is 6.56. The zero-order valence-corrected chi connectivity index (χ0v) is 11.9. The summed E-state index contributed by atoms with van der Waals surface area (Å²) in [4.78, 5) is 0. The van der Waals surface area contributed by atoms with Crippen LogP contribution in [0.15, 0.2) is 18.2 Å². The van der Waals surface area contributed by atoms with Gasteiger partial charge in [0, 0.05) is 18.8 Å². The third-order valence-electron chi connectivity index (χ3n) is 3.65. The van der Waals surface area contributed by atoms with E-state index in [2.05, 4.69) is 5.32 Å². The van der Waals surface area contributed by atoms with E-state index in [1.807, 2.05) is 0 Å². The summed E-state index contributed by atoms with van der Waals surface area (Å²) >= 11 is 5.60. The van der Waals surface area contributed by atoms with Crippen LogP contribution in [-0.2, 0) is 10.9 Å². The second kappa shape index (κ2) is 6.22. The zero-order valence-electron chi connectivity index (χ0n) is 11.1. The molecule has 6 heteroatoms. The van der Waals surface area contributed by atoms with E-state index in [9.17, 15) is 13.2 Å². The van der Waals surface area contributed by atoms with Gasteiger partial charge in [-0.15, -0.1) is 0 Å². The Kier molecular flexibility index (Phi) is 4.81. The van der Waals surface area contributed by atoms with Crippen molar-refractivity contribution >= 4 is 17.3 Å². The van der Waals surface area contributed by atoms with Gasteiger partial charge in [0.15, 0.2) is 0 Å². The molecule has 0 aromatic heterocycles. The van der Waals surface area contributed by atoms with Gasteiger partial charge in [0.1, 0.15) is 0 Å². The van der Waals surface area contributed by atoms with E-state index in [-0.39, 0.29) is 17.2 Å². The summed E-state index contributed by atoms with van der Waals surface area (Å²) in [7, 11) is 1.69. The summed E-state index contributed by atoms with van der Waals surface area (Å²) in [5.41, 5.74) is -0.336. The molecule has 0 spiro atoms. The summed E-state index contributed by atoms with van der Waals surface area (Å²) in [6.45, 7) is 0. The minimum absolute atomic E-state index is 0.184. The third-order valence-corrected chi connectivity index (χ3v) is 3.98. The van der Waals surface area contributed by atoms with Crippen LogP contribution in [0.5, 0.6) is 0 Å². The number of methoxy groups -OCH3 is 1. The lowest BCUT2D eigenvalue weighted by Gasteiger charge is -2.29. The standard InChI is InChI=1S/C14H17ClF3NO/c1-20-11-5-2-9(3-6-11)19-10-4-7-13(15)12(8-10)14(16,17)18/h4,7-9,11,19H,2-3,5-6H2,1H3. The Balaban J connectivity index is 2.04. The molecule has 1 aromatic rings. The summed E-state index contributed by atoms with van der Waals surface area (Å²) in [5.74, 6) is 0.